The van der Waals surface area contributed by atoms with E-state index in [1.807, 2.05) is 20.8 Å². The zero-order valence-corrected chi connectivity index (χ0v) is 8.99. The van der Waals surface area contributed by atoms with E-state index in [-0.39, 0.29) is 0 Å². The summed E-state index contributed by atoms with van der Waals surface area (Å²) in [7, 11) is 0. The molecular formula is C7H11IN2O. The van der Waals surface area contributed by atoms with E-state index >= 15 is 0 Å². The summed E-state index contributed by atoms with van der Waals surface area (Å²) in [5.74, 6) is 1.77. The molecule has 1 rings (SSSR count). The van der Waals surface area contributed by atoms with Crippen LogP contribution in [0.3, 0.4) is 0 Å². The van der Waals surface area contributed by atoms with Crippen LogP contribution in [0.5, 0.6) is 0 Å². The Labute approximate surface area is 79.7 Å². The summed E-state index contributed by atoms with van der Waals surface area (Å²) in [5, 5.41) is 7.83. The molecule has 4 heteroatoms. The second-order valence-electron chi connectivity index (χ2n) is 2.75. The lowest BCUT2D eigenvalue weighted by Gasteiger charge is -1.95. The lowest BCUT2D eigenvalue weighted by Crippen LogP contribution is -1.85. The van der Waals surface area contributed by atoms with Crippen LogP contribution < -0.4 is 0 Å². The van der Waals surface area contributed by atoms with Crippen LogP contribution in [0, 0.1) is 0 Å². The Hall–Kier alpha value is -0.130. The van der Waals surface area contributed by atoms with Crippen molar-refractivity contribution in [3.8, 4) is 0 Å². The van der Waals surface area contributed by atoms with E-state index in [0.717, 1.165) is 5.89 Å². The summed E-state index contributed by atoms with van der Waals surface area (Å²) in [6.45, 7) is 6.10. The minimum Gasteiger partial charge on any atom is -0.424 e. The zero-order valence-electron chi connectivity index (χ0n) is 6.84. The van der Waals surface area contributed by atoms with Gasteiger partial charge in [0.25, 0.3) is 0 Å². The minimum absolute atomic E-state index is 0.299. The Bertz CT molecular complexity index is 210. The quantitative estimate of drug-likeness (QED) is 0.610. The third kappa shape index (κ3) is 2.15. The second-order valence-corrected chi connectivity index (χ2v) is 4.62. The molecule has 0 aliphatic rings. The summed E-state index contributed by atoms with van der Waals surface area (Å²) in [5.41, 5.74) is 0. The zero-order chi connectivity index (χ0) is 8.43. The van der Waals surface area contributed by atoms with Gasteiger partial charge in [-0.05, 0) is 6.92 Å². The number of hydrogen-bond acceptors (Lipinski definition) is 3. The van der Waals surface area contributed by atoms with Crippen LogP contribution in [0.25, 0.3) is 0 Å². The Morgan fingerprint density at radius 2 is 1.73 bits per heavy atom. The first kappa shape index (κ1) is 8.96. The van der Waals surface area contributed by atoms with Crippen molar-refractivity contribution in [1.82, 2.24) is 10.2 Å². The molecule has 0 radical (unpaired) electrons. The van der Waals surface area contributed by atoms with Crippen LogP contribution in [0.1, 0.15) is 42.4 Å². The summed E-state index contributed by atoms with van der Waals surface area (Å²) in [4.78, 5) is 0. The summed E-state index contributed by atoms with van der Waals surface area (Å²) >= 11 is 2.25. The SMILES string of the molecule is CC(C)c1nnc([C@H](C)I)o1. The number of alkyl halides is 1. The van der Waals surface area contributed by atoms with Crippen molar-refractivity contribution >= 4 is 22.6 Å². The maximum Gasteiger partial charge on any atom is 0.229 e. The molecule has 0 aliphatic carbocycles. The molecule has 0 amide bonds. The largest absolute Gasteiger partial charge is 0.424 e. The van der Waals surface area contributed by atoms with Crippen LogP contribution in [-0.2, 0) is 0 Å². The second kappa shape index (κ2) is 3.51. The standard InChI is InChI=1S/C7H11IN2O/c1-4(2)6-9-10-7(11-6)5(3)8/h4-5H,1-3H3/t5-/m0/s1. The predicted molar refractivity (Wildman–Crippen MR) is 50.8 cm³/mol. The molecule has 0 N–H and O–H groups in total. The van der Waals surface area contributed by atoms with Gasteiger partial charge in [-0.25, -0.2) is 0 Å². The van der Waals surface area contributed by atoms with Gasteiger partial charge in [0, 0.05) is 5.92 Å². The van der Waals surface area contributed by atoms with Gasteiger partial charge >= 0.3 is 0 Å². The van der Waals surface area contributed by atoms with E-state index in [1.165, 1.54) is 0 Å². The smallest absolute Gasteiger partial charge is 0.229 e. The Kier molecular flexibility index (Phi) is 2.86. The molecule has 1 aromatic heterocycles. The molecule has 0 fully saturated rings. The number of rotatable bonds is 2. The van der Waals surface area contributed by atoms with Gasteiger partial charge in [-0.1, -0.05) is 36.4 Å². The van der Waals surface area contributed by atoms with Crippen molar-refractivity contribution in [2.45, 2.75) is 30.6 Å². The van der Waals surface area contributed by atoms with Crippen LogP contribution >= 0.6 is 22.6 Å². The van der Waals surface area contributed by atoms with Crippen molar-refractivity contribution in [1.29, 1.82) is 0 Å². The first-order valence-corrected chi connectivity index (χ1v) is 4.83. The fourth-order valence-corrected chi connectivity index (χ4v) is 0.892. The van der Waals surface area contributed by atoms with E-state index in [4.69, 9.17) is 4.42 Å². The number of halogens is 1. The third-order valence-electron chi connectivity index (χ3n) is 1.29. The molecule has 0 aromatic carbocycles. The Morgan fingerprint density at radius 3 is 2.00 bits per heavy atom. The lowest BCUT2D eigenvalue weighted by molar-refractivity contribution is 0.436. The lowest BCUT2D eigenvalue weighted by atomic mass is 10.2. The van der Waals surface area contributed by atoms with Crippen molar-refractivity contribution in [3.63, 3.8) is 0 Å². The number of hydrogen-bond donors (Lipinski definition) is 0. The van der Waals surface area contributed by atoms with Gasteiger partial charge in [-0.2, -0.15) is 0 Å². The number of nitrogens with zero attached hydrogens (tertiary/aromatic N) is 2. The van der Waals surface area contributed by atoms with Gasteiger partial charge in [0.05, 0.1) is 3.92 Å². The first-order chi connectivity index (χ1) is 5.11. The van der Waals surface area contributed by atoms with E-state index in [1.54, 1.807) is 0 Å². The molecule has 62 valence electrons. The average molecular weight is 266 g/mol. The van der Waals surface area contributed by atoms with Crippen LogP contribution in [0.4, 0.5) is 0 Å². The maximum absolute atomic E-state index is 5.38. The maximum atomic E-state index is 5.38. The van der Waals surface area contributed by atoms with E-state index < -0.39 is 0 Å². The van der Waals surface area contributed by atoms with Gasteiger partial charge in [-0.15, -0.1) is 10.2 Å². The molecule has 1 heterocycles. The van der Waals surface area contributed by atoms with E-state index in [9.17, 15) is 0 Å². The summed E-state index contributed by atoms with van der Waals surface area (Å²) in [6, 6.07) is 0. The molecule has 0 bridgehead atoms. The molecule has 0 saturated carbocycles. The summed E-state index contributed by atoms with van der Waals surface area (Å²) < 4.78 is 5.68. The number of aromatic nitrogens is 2. The van der Waals surface area contributed by atoms with Crippen LogP contribution in [-0.4, -0.2) is 10.2 Å². The van der Waals surface area contributed by atoms with Gasteiger partial charge in [-0.3, -0.25) is 0 Å². The molecule has 0 saturated heterocycles. The van der Waals surface area contributed by atoms with Crippen molar-refractivity contribution < 1.29 is 4.42 Å². The Balaban J connectivity index is 2.82. The van der Waals surface area contributed by atoms with E-state index in [0.29, 0.717) is 15.7 Å². The highest BCUT2D eigenvalue weighted by Crippen LogP contribution is 2.22. The first-order valence-electron chi connectivity index (χ1n) is 3.58. The average Bonchev–Trinajstić information content (AvgIpc) is 2.33. The fourth-order valence-electron chi connectivity index (χ4n) is 0.641. The normalized spacial score (nSPS) is 13.9. The predicted octanol–water partition coefficient (Wildman–Crippen LogP) is 2.69. The summed E-state index contributed by atoms with van der Waals surface area (Å²) in [6.07, 6.45) is 0. The van der Waals surface area contributed by atoms with Gasteiger partial charge in [0.15, 0.2) is 0 Å². The Morgan fingerprint density at radius 1 is 1.18 bits per heavy atom. The molecule has 1 aromatic rings. The van der Waals surface area contributed by atoms with Crippen LogP contribution in [0.15, 0.2) is 4.42 Å². The van der Waals surface area contributed by atoms with Gasteiger partial charge in [0.1, 0.15) is 0 Å². The van der Waals surface area contributed by atoms with Gasteiger partial charge in [0.2, 0.25) is 11.8 Å². The molecule has 0 spiro atoms. The fraction of sp³-hybridized carbons (Fsp3) is 0.714. The highest BCUT2D eigenvalue weighted by molar-refractivity contribution is 14.1. The molecule has 0 aliphatic heterocycles. The molecule has 11 heavy (non-hydrogen) atoms. The molecule has 1 atom stereocenters. The highest BCUT2D eigenvalue weighted by atomic mass is 127. The topological polar surface area (TPSA) is 38.9 Å². The molecule has 3 nitrogen and oxygen atoms in total. The van der Waals surface area contributed by atoms with Crippen molar-refractivity contribution in [3.05, 3.63) is 11.8 Å². The highest BCUT2D eigenvalue weighted by Gasteiger charge is 2.12. The van der Waals surface area contributed by atoms with E-state index in [2.05, 4.69) is 32.8 Å². The third-order valence-corrected chi connectivity index (χ3v) is 1.82. The minimum atomic E-state index is 0.299. The van der Waals surface area contributed by atoms with Crippen molar-refractivity contribution in [2.75, 3.05) is 0 Å². The van der Waals surface area contributed by atoms with Crippen LogP contribution in [0.2, 0.25) is 0 Å². The monoisotopic (exact) mass is 266 g/mol. The van der Waals surface area contributed by atoms with Crippen molar-refractivity contribution in [2.24, 2.45) is 0 Å². The van der Waals surface area contributed by atoms with Gasteiger partial charge < -0.3 is 4.42 Å². The molecule has 0 unspecified atom stereocenters. The molecular weight excluding hydrogens is 255 g/mol.